The first-order chi connectivity index (χ1) is 16.3. The number of aryl methyl sites for hydroxylation is 1. The van der Waals surface area contributed by atoms with Gasteiger partial charge in [0.25, 0.3) is 0 Å². The molecule has 8 heteroatoms. The topological polar surface area (TPSA) is 99.9 Å². The van der Waals surface area contributed by atoms with Gasteiger partial charge in [-0.1, -0.05) is 30.3 Å². The van der Waals surface area contributed by atoms with E-state index >= 15 is 0 Å². The fourth-order valence-corrected chi connectivity index (χ4v) is 6.31. The summed E-state index contributed by atoms with van der Waals surface area (Å²) in [7, 11) is -1.44. The molecule has 0 spiro atoms. The lowest BCUT2D eigenvalue weighted by Gasteiger charge is -2.28. The van der Waals surface area contributed by atoms with Crippen LogP contribution < -0.4 is 15.1 Å². The van der Waals surface area contributed by atoms with Crippen LogP contribution in [0.25, 0.3) is 22.1 Å². The van der Waals surface area contributed by atoms with Gasteiger partial charge in [-0.25, -0.2) is 13.2 Å². The maximum absolute atomic E-state index is 14.0. The second-order valence-corrected chi connectivity index (χ2v) is 10.0. The summed E-state index contributed by atoms with van der Waals surface area (Å²) in [6, 6.07) is 15.8. The van der Waals surface area contributed by atoms with Crippen molar-refractivity contribution in [3.05, 3.63) is 87.8 Å². The van der Waals surface area contributed by atoms with Gasteiger partial charge in [0.05, 0.1) is 30.1 Å². The van der Waals surface area contributed by atoms with E-state index in [1.807, 2.05) is 0 Å². The number of methoxy groups -OCH3 is 2. The minimum atomic E-state index is -4.25. The monoisotopic (exact) mass is 476 g/mol. The Labute approximate surface area is 195 Å². The molecule has 0 radical (unpaired) electrons. The molecule has 0 saturated heterocycles. The second-order valence-electron chi connectivity index (χ2n) is 8.01. The lowest BCUT2D eigenvalue weighted by Crippen LogP contribution is -2.29. The van der Waals surface area contributed by atoms with Gasteiger partial charge in [0, 0.05) is 16.5 Å². The van der Waals surface area contributed by atoms with Crippen LogP contribution in [0.4, 0.5) is 0 Å². The van der Waals surface area contributed by atoms with Gasteiger partial charge in [-0.05, 0) is 42.8 Å². The van der Waals surface area contributed by atoms with Crippen molar-refractivity contribution in [3.8, 4) is 22.8 Å². The zero-order chi connectivity index (χ0) is 24.2. The SMILES string of the molecule is COc1cccc2c1C(=O)C(S(=O)(=O)c1ccccc1)c1c-2oc(=O)c2cc(C)cc(OC)c12. The third-order valence-electron chi connectivity index (χ3n) is 6.01. The summed E-state index contributed by atoms with van der Waals surface area (Å²) in [5.41, 5.74) is 0.495. The summed E-state index contributed by atoms with van der Waals surface area (Å²) in [4.78, 5) is 27.0. The molecular formula is C26H20O7S. The van der Waals surface area contributed by atoms with Crippen LogP contribution in [-0.4, -0.2) is 28.4 Å². The Balaban J connectivity index is 2.01. The fraction of sp³-hybridized carbons (Fsp3) is 0.154. The van der Waals surface area contributed by atoms with Gasteiger partial charge in [-0.15, -0.1) is 0 Å². The number of rotatable bonds is 4. The zero-order valence-electron chi connectivity index (χ0n) is 18.6. The molecular weight excluding hydrogens is 456 g/mol. The number of hydrogen-bond donors (Lipinski definition) is 0. The van der Waals surface area contributed by atoms with Crippen molar-refractivity contribution in [1.82, 2.24) is 0 Å². The molecule has 4 aromatic rings. The van der Waals surface area contributed by atoms with Gasteiger partial charge < -0.3 is 13.9 Å². The molecule has 1 unspecified atom stereocenters. The molecule has 1 aliphatic carbocycles. The van der Waals surface area contributed by atoms with Crippen LogP contribution in [0.1, 0.15) is 26.7 Å². The maximum Gasteiger partial charge on any atom is 0.344 e. The zero-order valence-corrected chi connectivity index (χ0v) is 19.4. The van der Waals surface area contributed by atoms with E-state index in [4.69, 9.17) is 13.9 Å². The van der Waals surface area contributed by atoms with Gasteiger partial charge in [-0.3, -0.25) is 4.79 Å². The van der Waals surface area contributed by atoms with Crippen molar-refractivity contribution < 1.29 is 27.1 Å². The summed E-state index contributed by atoms with van der Waals surface area (Å²) in [6.45, 7) is 1.78. The Morgan fingerprint density at radius 2 is 1.59 bits per heavy atom. The lowest BCUT2D eigenvalue weighted by molar-refractivity contribution is 0.0981. The van der Waals surface area contributed by atoms with Crippen LogP contribution >= 0.6 is 0 Å². The Morgan fingerprint density at radius 1 is 0.882 bits per heavy atom. The summed E-state index contributed by atoms with van der Waals surface area (Å²) >= 11 is 0. The Hall–Kier alpha value is -3.91. The number of Topliss-reactive ketones (excluding diaryl/α,β-unsaturated/α-hetero) is 1. The minimum absolute atomic E-state index is 0.0117. The molecule has 0 N–H and O–H groups in total. The Kier molecular flexibility index (Phi) is 5.06. The number of benzene rings is 3. The highest BCUT2D eigenvalue weighted by atomic mass is 32.2. The van der Waals surface area contributed by atoms with E-state index in [1.165, 1.54) is 26.4 Å². The first-order valence-electron chi connectivity index (χ1n) is 10.5. The highest BCUT2D eigenvalue weighted by Crippen LogP contribution is 2.50. The second kappa shape index (κ2) is 7.85. The molecule has 1 heterocycles. The molecule has 34 heavy (non-hydrogen) atoms. The molecule has 7 nitrogen and oxygen atoms in total. The van der Waals surface area contributed by atoms with Gasteiger partial charge >= 0.3 is 5.63 Å². The predicted molar refractivity (Wildman–Crippen MR) is 126 cm³/mol. The molecule has 0 aliphatic heterocycles. The van der Waals surface area contributed by atoms with Crippen molar-refractivity contribution in [3.63, 3.8) is 0 Å². The summed E-state index contributed by atoms with van der Waals surface area (Å²) in [5, 5.41) is -1.29. The van der Waals surface area contributed by atoms with Crippen molar-refractivity contribution in [1.29, 1.82) is 0 Å². The van der Waals surface area contributed by atoms with Gasteiger partial charge in [-0.2, -0.15) is 0 Å². The normalized spacial score (nSPS) is 15.0. The molecule has 1 aliphatic rings. The average molecular weight is 477 g/mol. The first kappa shape index (κ1) is 21.9. The number of sulfone groups is 1. The van der Waals surface area contributed by atoms with E-state index in [0.29, 0.717) is 5.56 Å². The third kappa shape index (κ3) is 3.06. The summed E-state index contributed by atoms with van der Waals surface area (Å²) < 4.78 is 44.5. The Bertz CT molecular complexity index is 1630. The first-order valence-corrected chi connectivity index (χ1v) is 12.0. The summed E-state index contributed by atoms with van der Waals surface area (Å²) in [5.74, 6) is -0.175. The highest BCUT2D eigenvalue weighted by Gasteiger charge is 2.46. The van der Waals surface area contributed by atoms with Crippen LogP contribution in [0.3, 0.4) is 0 Å². The van der Waals surface area contributed by atoms with Crippen LogP contribution in [0, 0.1) is 6.92 Å². The van der Waals surface area contributed by atoms with E-state index in [0.717, 1.165) is 5.56 Å². The molecule has 0 saturated carbocycles. The van der Waals surface area contributed by atoms with Gasteiger partial charge in [0.2, 0.25) is 0 Å². The van der Waals surface area contributed by atoms with Crippen LogP contribution in [0.5, 0.6) is 11.5 Å². The number of carbonyl (C=O) groups is 1. The molecule has 3 aromatic carbocycles. The van der Waals surface area contributed by atoms with E-state index in [-0.39, 0.29) is 44.1 Å². The molecule has 1 atom stereocenters. The van der Waals surface area contributed by atoms with E-state index in [2.05, 4.69) is 0 Å². The van der Waals surface area contributed by atoms with Crippen LogP contribution in [0.2, 0.25) is 0 Å². The van der Waals surface area contributed by atoms with Crippen molar-refractivity contribution in [2.24, 2.45) is 0 Å². The van der Waals surface area contributed by atoms with Crippen molar-refractivity contribution >= 4 is 26.4 Å². The number of fused-ring (bicyclic) bond motifs is 5. The summed E-state index contributed by atoms with van der Waals surface area (Å²) in [6.07, 6.45) is 0. The van der Waals surface area contributed by atoms with Crippen molar-refractivity contribution in [2.45, 2.75) is 17.1 Å². The molecule has 5 rings (SSSR count). The number of carbonyl (C=O) groups excluding carboxylic acids is 1. The van der Waals surface area contributed by atoms with Gasteiger partial charge in [0.15, 0.2) is 20.9 Å². The maximum atomic E-state index is 14.0. The Morgan fingerprint density at radius 3 is 2.26 bits per heavy atom. The van der Waals surface area contributed by atoms with Gasteiger partial charge in [0.1, 0.15) is 17.3 Å². The predicted octanol–water partition coefficient (Wildman–Crippen LogP) is 4.50. The molecule has 172 valence electrons. The fourth-order valence-electron chi connectivity index (χ4n) is 4.57. The van der Waals surface area contributed by atoms with E-state index in [9.17, 15) is 18.0 Å². The third-order valence-corrected chi connectivity index (χ3v) is 8.01. The molecule has 0 amide bonds. The molecule has 1 aromatic heterocycles. The van der Waals surface area contributed by atoms with E-state index in [1.54, 1.807) is 55.5 Å². The minimum Gasteiger partial charge on any atom is -0.496 e. The molecule has 0 fully saturated rings. The quantitative estimate of drug-likeness (QED) is 0.428. The largest absolute Gasteiger partial charge is 0.496 e. The highest BCUT2D eigenvalue weighted by molar-refractivity contribution is 7.92. The molecule has 0 bridgehead atoms. The van der Waals surface area contributed by atoms with Crippen molar-refractivity contribution in [2.75, 3.05) is 14.2 Å². The number of hydrogen-bond acceptors (Lipinski definition) is 7. The standard InChI is InChI=1S/C26H20O7S/c1-14-12-17-20(19(13-14)32-3)22-24(33-26(17)28)16-10-7-11-18(31-2)21(16)23(27)25(22)34(29,30)15-8-5-4-6-9-15/h4-13,25H,1-3H3. The number of ether oxygens (including phenoxy) is 2. The smallest absolute Gasteiger partial charge is 0.344 e. The van der Waals surface area contributed by atoms with Crippen LogP contribution in [-0.2, 0) is 9.84 Å². The number of ketones is 1. The van der Waals surface area contributed by atoms with Crippen LogP contribution in [0.15, 0.2) is 74.8 Å². The lowest BCUT2D eigenvalue weighted by atomic mass is 9.85. The average Bonchev–Trinajstić information content (AvgIpc) is 2.84. The van der Waals surface area contributed by atoms with E-state index < -0.39 is 26.5 Å².